The van der Waals surface area contributed by atoms with E-state index in [4.69, 9.17) is 10.9 Å². The van der Waals surface area contributed by atoms with Gasteiger partial charge in [-0.15, -0.1) is 0 Å². The number of rotatable bonds is 3. The van der Waals surface area contributed by atoms with Gasteiger partial charge in [-0.2, -0.15) is 0 Å². The van der Waals surface area contributed by atoms with Gasteiger partial charge < -0.3 is 16.3 Å². The van der Waals surface area contributed by atoms with Crippen molar-refractivity contribution in [2.75, 3.05) is 5.32 Å². The van der Waals surface area contributed by atoms with Crippen LogP contribution in [0.1, 0.15) is 31.2 Å². The van der Waals surface area contributed by atoms with Crippen LogP contribution in [0.3, 0.4) is 0 Å². The highest BCUT2D eigenvalue weighted by molar-refractivity contribution is 6.12. The molecular formula is C14H19N3O2. The molecule has 0 bridgehead atoms. The quantitative estimate of drug-likeness (QED) is 0.337. The Morgan fingerprint density at radius 3 is 2.42 bits per heavy atom. The highest BCUT2D eigenvalue weighted by Gasteiger charge is 2.45. The molecule has 0 saturated heterocycles. The van der Waals surface area contributed by atoms with E-state index < -0.39 is 5.41 Å². The Morgan fingerprint density at radius 2 is 1.89 bits per heavy atom. The highest BCUT2D eigenvalue weighted by atomic mass is 16.4. The van der Waals surface area contributed by atoms with Gasteiger partial charge in [-0.25, -0.2) is 0 Å². The van der Waals surface area contributed by atoms with Gasteiger partial charge >= 0.3 is 0 Å². The second-order valence-electron chi connectivity index (χ2n) is 5.09. The van der Waals surface area contributed by atoms with Crippen molar-refractivity contribution >= 4 is 17.4 Å². The number of nitrogens with zero attached hydrogens (tertiary/aromatic N) is 1. The second-order valence-corrected chi connectivity index (χ2v) is 5.09. The van der Waals surface area contributed by atoms with Crippen molar-refractivity contribution in [1.82, 2.24) is 0 Å². The molecule has 1 aliphatic carbocycles. The van der Waals surface area contributed by atoms with Crippen molar-refractivity contribution < 1.29 is 10.0 Å². The smallest absolute Gasteiger partial charge is 0.238 e. The zero-order chi connectivity index (χ0) is 13.9. The first-order chi connectivity index (χ1) is 9.08. The molecule has 5 nitrogen and oxygen atoms in total. The van der Waals surface area contributed by atoms with E-state index in [0.29, 0.717) is 12.8 Å². The molecule has 0 unspecified atom stereocenters. The maximum atomic E-state index is 12.4. The molecule has 1 saturated carbocycles. The van der Waals surface area contributed by atoms with E-state index in [1.54, 1.807) is 0 Å². The number of anilines is 1. The van der Waals surface area contributed by atoms with Crippen LogP contribution in [0.2, 0.25) is 0 Å². The first-order valence-electron chi connectivity index (χ1n) is 6.44. The largest absolute Gasteiger partial charge is 0.409 e. The van der Waals surface area contributed by atoms with Crippen LogP contribution >= 0.6 is 0 Å². The number of benzene rings is 1. The summed E-state index contributed by atoms with van der Waals surface area (Å²) in [6.07, 6.45) is 3.08. The fourth-order valence-electron chi connectivity index (χ4n) is 2.56. The van der Waals surface area contributed by atoms with Crippen LogP contribution < -0.4 is 11.1 Å². The van der Waals surface area contributed by atoms with Gasteiger partial charge in [0.2, 0.25) is 5.91 Å². The van der Waals surface area contributed by atoms with Gasteiger partial charge in [-0.05, 0) is 31.9 Å². The van der Waals surface area contributed by atoms with Crippen LogP contribution in [0.5, 0.6) is 0 Å². The van der Waals surface area contributed by atoms with Crippen LogP contribution in [-0.4, -0.2) is 17.0 Å². The first-order valence-corrected chi connectivity index (χ1v) is 6.44. The van der Waals surface area contributed by atoms with E-state index in [-0.39, 0.29) is 11.7 Å². The molecule has 4 N–H and O–H groups in total. The van der Waals surface area contributed by atoms with E-state index in [0.717, 1.165) is 24.1 Å². The molecule has 5 heteroatoms. The van der Waals surface area contributed by atoms with Gasteiger partial charge in [0.1, 0.15) is 5.41 Å². The minimum atomic E-state index is -0.861. The lowest BCUT2D eigenvalue weighted by Gasteiger charge is -2.25. The van der Waals surface area contributed by atoms with Crippen molar-refractivity contribution in [3.8, 4) is 0 Å². The number of hydrogen-bond acceptors (Lipinski definition) is 3. The second kappa shape index (κ2) is 5.30. The van der Waals surface area contributed by atoms with Crippen molar-refractivity contribution in [3.05, 3.63) is 29.8 Å². The van der Waals surface area contributed by atoms with Gasteiger partial charge in [-0.3, -0.25) is 4.79 Å². The third-order valence-corrected chi connectivity index (χ3v) is 3.80. The van der Waals surface area contributed by atoms with E-state index in [1.165, 1.54) is 0 Å². The van der Waals surface area contributed by atoms with Gasteiger partial charge in [0.05, 0.1) is 0 Å². The number of carbonyl (C=O) groups is 1. The summed E-state index contributed by atoms with van der Waals surface area (Å²) in [5.74, 6) is -0.182. The van der Waals surface area contributed by atoms with Crippen molar-refractivity contribution in [1.29, 1.82) is 0 Å². The summed E-state index contributed by atoms with van der Waals surface area (Å²) in [5, 5.41) is 14.8. The third kappa shape index (κ3) is 2.54. The van der Waals surface area contributed by atoms with E-state index >= 15 is 0 Å². The molecule has 0 atom stereocenters. The van der Waals surface area contributed by atoms with Crippen molar-refractivity contribution in [3.63, 3.8) is 0 Å². The van der Waals surface area contributed by atoms with E-state index in [1.807, 2.05) is 31.2 Å². The number of nitrogens with two attached hydrogens (primary N) is 1. The first kappa shape index (κ1) is 13.4. The Bertz CT molecular complexity index is 488. The minimum Gasteiger partial charge on any atom is -0.409 e. The van der Waals surface area contributed by atoms with Gasteiger partial charge in [0.15, 0.2) is 5.84 Å². The molecular weight excluding hydrogens is 242 g/mol. The van der Waals surface area contributed by atoms with Gasteiger partial charge in [0.25, 0.3) is 0 Å². The molecule has 1 fully saturated rings. The third-order valence-electron chi connectivity index (χ3n) is 3.80. The van der Waals surface area contributed by atoms with Crippen molar-refractivity contribution in [2.45, 2.75) is 32.6 Å². The molecule has 102 valence electrons. The Hall–Kier alpha value is -2.04. The summed E-state index contributed by atoms with van der Waals surface area (Å²) in [7, 11) is 0. The SMILES string of the molecule is Cc1ccc(NC(=O)C2(C(N)=NO)CCCC2)cc1. The molecule has 0 aliphatic heterocycles. The monoisotopic (exact) mass is 261 g/mol. The van der Waals surface area contributed by atoms with E-state index in [9.17, 15) is 4.79 Å². The average molecular weight is 261 g/mol. The molecule has 19 heavy (non-hydrogen) atoms. The Balaban J connectivity index is 2.19. The summed E-state index contributed by atoms with van der Waals surface area (Å²) in [4.78, 5) is 12.4. The lowest BCUT2D eigenvalue weighted by atomic mass is 9.83. The van der Waals surface area contributed by atoms with Crippen LogP contribution in [0.15, 0.2) is 29.4 Å². The number of hydrogen-bond donors (Lipinski definition) is 3. The highest BCUT2D eigenvalue weighted by Crippen LogP contribution is 2.39. The van der Waals surface area contributed by atoms with Crippen LogP contribution in [-0.2, 0) is 4.79 Å². The summed E-state index contributed by atoms with van der Waals surface area (Å²) >= 11 is 0. The molecule has 0 radical (unpaired) electrons. The van der Waals surface area contributed by atoms with Crippen LogP contribution in [0.25, 0.3) is 0 Å². The average Bonchev–Trinajstić information content (AvgIpc) is 2.91. The Morgan fingerprint density at radius 1 is 1.32 bits per heavy atom. The molecule has 1 aliphatic rings. The molecule has 1 aromatic carbocycles. The maximum absolute atomic E-state index is 12.4. The maximum Gasteiger partial charge on any atom is 0.238 e. The lowest BCUT2D eigenvalue weighted by Crippen LogP contribution is -2.45. The Kier molecular flexibility index (Phi) is 3.74. The molecule has 0 spiro atoms. The fourth-order valence-corrected chi connectivity index (χ4v) is 2.56. The number of nitrogens with one attached hydrogen (secondary N) is 1. The predicted octanol–water partition coefficient (Wildman–Crippen LogP) is 2.24. The number of aryl methyl sites for hydroxylation is 1. The Labute approximate surface area is 112 Å². The molecule has 1 amide bonds. The molecule has 2 rings (SSSR count). The van der Waals surface area contributed by atoms with Crippen LogP contribution in [0, 0.1) is 12.3 Å². The molecule has 1 aromatic rings. The summed E-state index contributed by atoms with van der Waals surface area (Å²) in [6, 6.07) is 7.56. The number of carbonyl (C=O) groups excluding carboxylic acids is 1. The minimum absolute atomic E-state index is 0.00890. The van der Waals surface area contributed by atoms with Crippen LogP contribution in [0.4, 0.5) is 5.69 Å². The van der Waals surface area contributed by atoms with Crippen molar-refractivity contribution in [2.24, 2.45) is 16.3 Å². The van der Waals surface area contributed by atoms with Gasteiger partial charge in [-0.1, -0.05) is 35.7 Å². The predicted molar refractivity (Wildman–Crippen MR) is 74.1 cm³/mol. The zero-order valence-electron chi connectivity index (χ0n) is 11.0. The molecule has 0 aromatic heterocycles. The fraction of sp³-hybridized carbons (Fsp3) is 0.429. The number of amides is 1. The lowest BCUT2D eigenvalue weighted by molar-refractivity contribution is -0.122. The van der Waals surface area contributed by atoms with Gasteiger partial charge in [0, 0.05) is 5.69 Å². The zero-order valence-corrected chi connectivity index (χ0v) is 11.0. The number of oxime groups is 1. The standard InChI is InChI=1S/C14H19N3O2/c1-10-4-6-11(7-5-10)16-13(18)14(12(15)17-19)8-2-3-9-14/h4-7,19H,2-3,8-9H2,1H3,(H2,15,17)(H,16,18). The summed E-state index contributed by atoms with van der Waals surface area (Å²) < 4.78 is 0. The normalized spacial score (nSPS) is 18.3. The summed E-state index contributed by atoms with van der Waals surface area (Å²) in [6.45, 7) is 1.99. The summed E-state index contributed by atoms with van der Waals surface area (Å²) in [5.41, 5.74) is 6.73. The number of amidine groups is 1. The molecule has 0 heterocycles. The van der Waals surface area contributed by atoms with E-state index in [2.05, 4.69) is 10.5 Å². The topological polar surface area (TPSA) is 87.7 Å².